The summed E-state index contributed by atoms with van der Waals surface area (Å²) in [6.45, 7) is 1.62. The number of nitrogens with one attached hydrogen (secondary N) is 1. The molecule has 1 aromatic carbocycles. The SMILES string of the molecule is CC(Sc1cccc[n+]1[O-])C(=O)Nc1ccc(F)c(F)c1. The van der Waals surface area contributed by atoms with Gasteiger partial charge in [-0.1, -0.05) is 0 Å². The Hall–Kier alpha value is -2.15. The van der Waals surface area contributed by atoms with Gasteiger partial charge in [0.2, 0.25) is 5.91 Å². The summed E-state index contributed by atoms with van der Waals surface area (Å²) in [7, 11) is 0. The van der Waals surface area contributed by atoms with Crippen molar-refractivity contribution >= 4 is 23.4 Å². The number of rotatable bonds is 4. The molecular formula is C14H12F2N2O2S. The topological polar surface area (TPSA) is 56.0 Å². The lowest BCUT2D eigenvalue weighted by atomic mass is 10.3. The van der Waals surface area contributed by atoms with Crippen molar-refractivity contribution in [3.8, 4) is 0 Å². The normalized spacial score (nSPS) is 12.0. The number of benzene rings is 1. The number of carbonyl (C=O) groups is 1. The fraction of sp³-hybridized carbons (Fsp3) is 0.143. The molecule has 0 spiro atoms. The molecule has 1 atom stereocenters. The molecule has 0 aliphatic heterocycles. The maximum absolute atomic E-state index is 13.1. The minimum absolute atomic E-state index is 0.161. The number of thioether (sulfide) groups is 1. The third-order valence-corrected chi connectivity index (χ3v) is 3.77. The quantitative estimate of drug-likeness (QED) is 0.537. The summed E-state index contributed by atoms with van der Waals surface area (Å²) in [4.78, 5) is 12.0. The maximum atomic E-state index is 13.1. The third kappa shape index (κ3) is 3.91. The second-order valence-corrected chi connectivity index (χ2v) is 5.60. The highest BCUT2D eigenvalue weighted by molar-refractivity contribution is 8.00. The molecule has 1 unspecified atom stereocenters. The number of amides is 1. The van der Waals surface area contributed by atoms with E-state index in [-0.39, 0.29) is 5.69 Å². The van der Waals surface area contributed by atoms with Crippen LogP contribution >= 0.6 is 11.8 Å². The van der Waals surface area contributed by atoms with Gasteiger partial charge in [-0.15, -0.1) is 0 Å². The van der Waals surface area contributed by atoms with Gasteiger partial charge in [0.05, 0.1) is 5.25 Å². The predicted molar refractivity (Wildman–Crippen MR) is 75.7 cm³/mol. The van der Waals surface area contributed by atoms with E-state index in [1.165, 1.54) is 12.3 Å². The number of anilines is 1. The Labute approximate surface area is 124 Å². The Morgan fingerprint density at radius 3 is 2.71 bits per heavy atom. The Morgan fingerprint density at radius 1 is 1.29 bits per heavy atom. The van der Waals surface area contributed by atoms with Gasteiger partial charge in [-0.2, -0.15) is 4.73 Å². The molecule has 21 heavy (non-hydrogen) atoms. The molecule has 0 radical (unpaired) electrons. The third-order valence-electron chi connectivity index (χ3n) is 2.64. The van der Waals surface area contributed by atoms with E-state index in [0.717, 1.165) is 23.9 Å². The van der Waals surface area contributed by atoms with Crippen molar-refractivity contribution in [2.24, 2.45) is 0 Å². The van der Waals surface area contributed by atoms with Crippen LogP contribution in [0.15, 0.2) is 47.6 Å². The summed E-state index contributed by atoms with van der Waals surface area (Å²) in [5.74, 6) is -2.42. The van der Waals surface area contributed by atoms with Crippen LogP contribution < -0.4 is 10.0 Å². The van der Waals surface area contributed by atoms with E-state index < -0.39 is 22.8 Å². The van der Waals surface area contributed by atoms with Crippen molar-refractivity contribution in [1.29, 1.82) is 0 Å². The van der Waals surface area contributed by atoms with Gasteiger partial charge in [0.1, 0.15) is 0 Å². The summed E-state index contributed by atoms with van der Waals surface area (Å²) >= 11 is 1.08. The number of hydrogen-bond donors (Lipinski definition) is 1. The van der Waals surface area contributed by atoms with Crippen LogP contribution in [0.5, 0.6) is 0 Å². The highest BCUT2D eigenvalue weighted by atomic mass is 32.2. The smallest absolute Gasteiger partial charge is 0.252 e. The van der Waals surface area contributed by atoms with Gasteiger partial charge in [-0.3, -0.25) is 4.79 Å². The molecule has 0 fully saturated rings. The van der Waals surface area contributed by atoms with E-state index in [4.69, 9.17) is 0 Å². The largest absolute Gasteiger partial charge is 0.618 e. The molecule has 110 valence electrons. The lowest BCUT2D eigenvalue weighted by Crippen LogP contribution is -2.30. The highest BCUT2D eigenvalue weighted by Crippen LogP contribution is 2.21. The molecule has 1 N–H and O–H groups in total. The number of pyridine rings is 1. The van der Waals surface area contributed by atoms with E-state index in [1.807, 2.05) is 0 Å². The summed E-state index contributed by atoms with van der Waals surface area (Å²) in [6, 6.07) is 7.98. The van der Waals surface area contributed by atoms with Crippen molar-refractivity contribution in [2.45, 2.75) is 17.2 Å². The van der Waals surface area contributed by atoms with Crippen LogP contribution in [-0.2, 0) is 4.79 Å². The first-order valence-electron chi connectivity index (χ1n) is 6.08. The molecule has 4 nitrogen and oxygen atoms in total. The van der Waals surface area contributed by atoms with Gasteiger partial charge < -0.3 is 10.5 Å². The van der Waals surface area contributed by atoms with Crippen LogP contribution in [0.2, 0.25) is 0 Å². The van der Waals surface area contributed by atoms with Gasteiger partial charge in [0.25, 0.3) is 5.03 Å². The van der Waals surface area contributed by atoms with E-state index >= 15 is 0 Å². The van der Waals surface area contributed by atoms with E-state index in [9.17, 15) is 18.8 Å². The molecule has 0 bridgehead atoms. The van der Waals surface area contributed by atoms with Gasteiger partial charge in [-0.25, -0.2) is 8.78 Å². The first kappa shape index (κ1) is 15.2. The molecule has 2 aromatic rings. The molecule has 7 heteroatoms. The second-order valence-electron chi connectivity index (χ2n) is 4.24. The van der Waals surface area contributed by atoms with Crippen molar-refractivity contribution < 1.29 is 18.3 Å². The minimum atomic E-state index is -1.03. The summed E-state index contributed by atoms with van der Waals surface area (Å²) in [5.41, 5.74) is 0.161. The molecule has 1 amide bonds. The fourth-order valence-electron chi connectivity index (χ4n) is 1.56. The van der Waals surface area contributed by atoms with Gasteiger partial charge in [-0.05, 0) is 36.9 Å². The average molecular weight is 310 g/mol. The van der Waals surface area contributed by atoms with E-state index in [0.29, 0.717) is 9.76 Å². The van der Waals surface area contributed by atoms with Crippen LogP contribution in [0, 0.1) is 16.8 Å². The Kier molecular flexibility index (Phi) is 4.74. The fourth-order valence-corrected chi connectivity index (χ4v) is 2.41. The Balaban J connectivity index is 2.02. The van der Waals surface area contributed by atoms with Crippen molar-refractivity contribution in [2.75, 3.05) is 5.32 Å². The van der Waals surface area contributed by atoms with E-state index in [2.05, 4.69) is 5.32 Å². The molecular weight excluding hydrogens is 298 g/mol. The lowest BCUT2D eigenvalue weighted by molar-refractivity contribution is -0.645. The molecule has 0 saturated heterocycles. The zero-order valence-corrected chi connectivity index (χ0v) is 11.9. The number of hydrogen-bond acceptors (Lipinski definition) is 3. The number of carbonyl (C=O) groups excluding carboxylic acids is 1. The van der Waals surface area contributed by atoms with Gasteiger partial charge in [0, 0.05) is 23.9 Å². The van der Waals surface area contributed by atoms with E-state index in [1.54, 1.807) is 25.1 Å². The second kappa shape index (κ2) is 6.53. The average Bonchev–Trinajstić information content (AvgIpc) is 2.45. The van der Waals surface area contributed by atoms with Crippen LogP contribution in [0.25, 0.3) is 0 Å². The molecule has 0 aliphatic rings. The van der Waals surface area contributed by atoms with Crippen LogP contribution in [0.3, 0.4) is 0 Å². The predicted octanol–water partition coefficient (Wildman–Crippen LogP) is 2.72. The van der Waals surface area contributed by atoms with Crippen molar-refractivity contribution in [1.82, 2.24) is 0 Å². The molecule has 1 aromatic heterocycles. The minimum Gasteiger partial charge on any atom is -0.618 e. The first-order valence-corrected chi connectivity index (χ1v) is 6.96. The van der Waals surface area contributed by atoms with Gasteiger partial charge >= 0.3 is 0 Å². The number of nitrogens with zero attached hydrogens (tertiary/aromatic N) is 1. The van der Waals surface area contributed by atoms with Crippen molar-refractivity contribution in [3.05, 3.63) is 59.4 Å². The van der Waals surface area contributed by atoms with Crippen LogP contribution in [-0.4, -0.2) is 11.2 Å². The van der Waals surface area contributed by atoms with Crippen LogP contribution in [0.4, 0.5) is 14.5 Å². The number of aromatic nitrogens is 1. The molecule has 1 heterocycles. The lowest BCUT2D eigenvalue weighted by Gasteiger charge is -2.11. The number of halogens is 2. The Bertz CT molecular complexity index is 667. The zero-order valence-electron chi connectivity index (χ0n) is 11.0. The molecule has 0 saturated carbocycles. The van der Waals surface area contributed by atoms with Gasteiger partial charge in [0.15, 0.2) is 17.8 Å². The molecule has 2 rings (SSSR count). The monoisotopic (exact) mass is 310 g/mol. The van der Waals surface area contributed by atoms with Crippen molar-refractivity contribution in [3.63, 3.8) is 0 Å². The van der Waals surface area contributed by atoms with Crippen LogP contribution in [0.1, 0.15) is 6.92 Å². The molecule has 0 aliphatic carbocycles. The summed E-state index contributed by atoms with van der Waals surface area (Å²) in [5, 5.41) is 13.8. The maximum Gasteiger partial charge on any atom is 0.252 e. The first-order chi connectivity index (χ1) is 9.97. The zero-order chi connectivity index (χ0) is 15.4. The Morgan fingerprint density at radius 2 is 2.05 bits per heavy atom. The summed E-state index contributed by atoms with van der Waals surface area (Å²) in [6.07, 6.45) is 1.34. The highest BCUT2D eigenvalue weighted by Gasteiger charge is 2.19. The standard InChI is InChI=1S/C14H12F2N2O2S/c1-9(21-13-4-2-3-7-18(13)20)14(19)17-10-5-6-11(15)12(16)8-10/h2-9H,1H3,(H,17,19). The summed E-state index contributed by atoms with van der Waals surface area (Å²) < 4.78 is 26.5.